The molecule has 2 atom stereocenters. The van der Waals surface area contributed by atoms with Gasteiger partial charge in [-0.05, 0) is 47.9 Å². The van der Waals surface area contributed by atoms with E-state index in [4.69, 9.17) is 4.65 Å². The van der Waals surface area contributed by atoms with Crippen LogP contribution in [0.5, 0.6) is 5.75 Å². The normalized spacial score (nSPS) is 15.5. The number of carbonyl (C=O) groups excluding carboxylic acids is 2. The number of carboxylic acid groups (broad SMARTS) is 1. The van der Waals surface area contributed by atoms with Gasteiger partial charge in [0.1, 0.15) is 17.4 Å². The van der Waals surface area contributed by atoms with Crippen LogP contribution in [0.25, 0.3) is 0 Å². The van der Waals surface area contributed by atoms with E-state index in [1.807, 2.05) is 0 Å². The van der Waals surface area contributed by atoms with Gasteiger partial charge in [0.05, 0.1) is 16.8 Å². The molecule has 1 aliphatic rings. The number of hydrogen-bond acceptors (Lipinski definition) is 7. The smallest absolute Gasteiger partial charge is 0.534 e. The molecule has 0 bridgehead atoms. The molecule has 39 heavy (non-hydrogen) atoms. The van der Waals surface area contributed by atoms with Gasteiger partial charge in [0.25, 0.3) is 11.5 Å². The minimum absolute atomic E-state index is 0.000396. The van der Waals surface area contributed by atoms with Gasteiger partial charge < -0.3 is 39.8 Å². The maximum absolute atomic E-state index is 13.4. The second-order valence-corrected chi connectivity index (χ2v) is 10.4. The lowest BCUT2D eigenvalue weighted by molar-refractivity contribution is -0.123. The highest BCUT2D eigenvalue weighted by atomic mass is 31.2. The molecule has 1 aliphatic heterocycles. The van der Waals surface area contributed by atoms with E-state index in [1.54, 1.807) is 6.07 Å². The summed E-state index contributed by atoms with van der Waals surface area (Å²) in [5.74, 6) is -4.04. The molecular weight excluding hydrogens is 532 g/mol. The molecule has 0 saturated carbocycles. The number of pyridine rings is 1. The molecule has 6 N–H and O–H groups in total. The average Bonchev–Trinajstić information content (AvgIpc) is 2.88. The Balaban J connectivity index is 1.63. The molecule has 0 fully saturated rings. The summed E-state index contributed by atoms with van der Waals surface area (Å²) in [7, 11) is -4.76. The molecule has 0 radical (unpaired) electrons. The molecule has 4 rings (SSSR count). The van der Waals surface area contributed by atoms with E-state index in [2.05, 4.69) is 10.6 Å². The van der Waals surface area contributed by atoms with Crippen LogP contribution in [0, 0.1) is 0 Å². The Labute approximate surface area is 221 Å². The van der Waals surface area contributed by atoms with Crippen LogP contribution in [0.4, 0.5) is 0 Å². The Kier molecular flexibility index (Phi) is 7.75. The van der Waals surface area contributed by atoms with E-state index >= 15 is 0 Å². The van der Waals surface area contributed by atoms with E-state index in [0.29, 0.717) is 5.56 Å². The number of para-hydroxylation sites is 1. The first-order valence-electron chi connectivity index (χ1n) is 11.5. The number of aryl methyl sites for hydroxylation is 1. The standard InChI is InChI=1S/C24H23BN3O10P/c1-28-11-3-6-17(23(28)31)21(29)27-19(13-7-9-15(10-8-13)39(35,36)37)22(30)26-18-12-14-4-2-5-16(24(32)33)20(14)38-25(18)34/h2-11,18-19,34H,12H2,1H3,(H,26,30)(H,27,29)(H,32,33)(H2,35,36,37). The predicted octanol–water partition coefficient (Wildman–Crippen LogP) is -0.503. The minimum atomic E-state index is -4.58. The lowest BCUT2D eigenvalue weighted by Crippen LogP contribution is -2.55. The number of rotatable bonds is 7. The second-order valence-electron chi connectivity index (χ2n) is 8.81. The van der Waals surface area contributed by atoms with Gasteiger partial charge in [-0.15, -0.1) is 0 Å². The summed E-state index contributed by atoms with van der Waals surface area (Å²) in [6.07, 6.45) is 1.45. The van der Waals surface area contributed by atoms with Crippen molar-refractivity contribution in [2.24, 2.45) is 7.05 Å². The van der Waals surface area contributed by atoms with Gasteiger partial charge in [0, 0.05) is 13.2 Å². The zero-order valence-corrected chi connectivity index (χ0v) is 21.2. The molecule has 0 spiro atoms. The molecule has 15 heteroatoms. The summed E-state index contributed by atoms with van der Waals surface area (Å²) in [5, 5.41) is 24.6. The van der Waals surface area contributed by atoms with Crippen molar-refractivity contribution in [1.29, 1.82) is 0 Å². The monoisotopic (exact) mass is 555 g/mol. The molecule has 2 unspecified atom stereocenters. The molecule has 2 heterocycles. The summed E-state index contributed by atoms with van der Waals surface area (Å²) in [5.41, 5.74) is -0.472. The van der Waals surface area contributed by atoms with Crippen LogP contribution in [0.2, 0.25) is 0 Å². The Morgan fingerprint density at radius 2 is 1.74 bits per heavy atom. The van der Waals surface area contributed by atoms with Crippen LogP contribution in [-0.4, -0.2) is 55.3 Å². The van der Waals surface area contributed by atoms with Crippen molar-refractivity contribution < 1.29 is 43.5 Å². The third kappa shape index (κ3) is 5.94. The number of nitrogens with zero attached hydrogens (tertiary/aromatic N) is 1. The van der Waals surface area contributed by atoms with E-state index in [-0.39, 0.29) is 34.2 Å². The molecule has 2 amide bonds. The van der Waals surface area contributed by atoms with Gasteiger partial charge in [0.2, 0.25) is 5.91 Å². The van der Waals surface area contributed by atoms with Crippen LogP contribution in [0.3, 0.4) is 0 Å². The third-order valence-electron chi connectivity index (χ3n) is 6.15. The minimum Gasteiger partial charge on any atom is -0.534 e. The summed E-state index contributed by atoms with van der Waals surface area (Å²) in [6, 6.07) is 10.4. The highest BCUT2D eigenvalue weighted by molar-refractivity contribution is 7.60. The Hall–Kier alpha value is -4.23. The van der Waals surface area contributed by atoms with Crippen molar-refractivity contribution in [3.63, 3.8) is 0 Å². The quantitative estimate of drug-likeness (QED) is 0.163. The largest absolute Gasteiger partial charge is 0.547 e. The highest BCUT2D eigenvalue weighted by Gasteiger charge is 2.39. The Bertz CT molecular complexity index is 1550. The predicted molar refractivity (Wildman–Crippen MR) is 138 cm³/mol. The summed E-state index contributed by atoms with van der Waals surface area (Å²) in [6.45, 7) is 0. The fraction of sp³-hybridized carbons (Fsp3) is 0.167. The number of carbonyl (C=O) groups is 3. The van der Waals surface area contributed by atoms with Crippen LogP contribution < -0.4 is 26.2 Å². The van der Waals surface area contributed by atoms with Crippen LogP contribution in [-0.2, 0) is 22.8 Å². The number of carboxylic acids is 1. The van der Waals surface area contributed by atoms with E-state index in [9.17, 15) is 43.7 Å². The first-order chi connectivity index (χ1) is 18.4. The van der Waals surface area contributed by atoms with Crippen molar-refractivity contribution in [3.05, 3.63) is 93.4 Å². The molecule has 13 nitrogen and oxygen atoms in total. The summed E-state index contributed by atoms with van der Waals surface area (Å²) in [4.78, 5) is 69.1. The van der Waals surface area contributed by atoms with Gasteiger partial charge in [-0.2, -0.15) is 0 Å². The van der Waals surface area contributed by atoms with Crippen LogP contribution >= 0.6 is 7.60 Å². The van der Waals surface area contributed by atoms with Crippen molar-refractivity contribution in [2.75, 3.05) is 0 Å². The highest BCUT2D eigenvalue weighted by Crippen LogP contribution is 2.33. The van der Waals surface area contributed by atoms with Crippen molar-refractivity contribution in [2.45, 2.75) is 18.4 Å². The number of benzene rings is 2. The van der Waals surface area contributed by atoms with E-state index in [1.165, 1.54) is 54.2 Å². The first-order valence-corrected chi connectivity index (χ1v) is 13.1. The molecule has 2 aromatic carbocycles. The topological polar surface area (TPSA) is 204 Å². The fourth-order valence-electron chi connectivity index (χ4n) is 4.12. The van der Waals surface area contributed by atoms with Gasteiger partial charge in [-0.1, -0.05) is 24.3 Å². The maximum atomic E-state index is 13.4. The number of amides is 2. The number of nitrogens with one attached hydrogen (secondary N) is 2. The lowest BCUT2D eigenvalue weighted by atomic mass is 9.72. The Morgan fingerprint density at radius 1 is 1.08 bits per heavy atom. The number of aromatic nitrogens is 1. The van der Waals surface area contributed by atoms with Crippen LogP contribution in [0.15, 0.2) is 65.6 Å². The van der Waals surface area contributed by atoms with E-state index < -0.39 is 50.0 Å². The number of hydrogen-bond donors (Lipinski definition) is 6. The zero-order chi connectivity index (χ0) is 28.5. The lowest BCUT2D eigenvalue weighted by Gasteiger charge is -2.30. The second kappa shape index (κ2) is 10.9. The van der Waals surface area contributed by atoms with Gasteiger partial charge >= 0.3 is 20.7 Å². The molecular formula is C24H23BN3O10P. The van der Waals surface area contributed by atoms with Gasteiger partial charge in [-0.3, -0.25) is 18.9 Å². The fourth-order valence-corrected chi connectivity index (χ4v) is 4.66. The maximum Gasteiger partial charge on any atom is 0.547 e. The van der Waals surface area contributed by atoms with Crippen LogP contribution in [0.1, 0.15) is 37.9 Å². The van der Waals surface area contributed by atoms with Crippen molar-refractivity contribution in [1.82, 2.24) is 15.2 Å². The number of fused-ring (bicyclic) bond motifs is 1. The molecule has 0 saturated heterocycles. The summed E-state index contributed by atoms with van der Waals surface area (Å²) >= 11 is 0. The summed E-state index contributed by atoms with van der Waals surface area (Å²) < 4.78 is 18.2. The average molecular weight is 555 g/mol. The van der Waals surface area contributed by atoms with Crippen molar-refractivity contribution in [3.8, 4) is 5.75 Å². The molecule has 3 aromatic rings. The van der Waals surface area contributed by atoms with Gasteiger partial charge in [-0.25, -0.2) is 4.79 Å². The van der Waals surface area contributed by atoms with Crippen molar-refractivity contribution >= 4 is 37.8 Å². The number of aromatic carboxylic acids is 1. The molecule has 202 valence electrons. The van der Waals surface area contributed by atoms with Gasteiger partial charge in [0.15, 0.2) is 0 Å². The third-order valence-corrected chi connectivity index (χ3v) is 7.12. The first kappa shape index (κ1) is 27.8. The Morgan fingerprint density at radius 3 is 2.38 bits per heavy atom. The SMILES string of the molecule is Cn1cccc(C(=O)NC(C(=O)NC2Cc3cccc(C(=O)O)c3OB2O)c2ccc(P(=O)(O)O)cc2)c1=O. The molecule has 0 aliphatic carbocycles. The molecule has 1 aromatic heterocycles. The van der Waals surface area contributed by atoms with E-state index in [0.717, 1.165) is 12.1 Å². The zero-order valence-electron chi connectivity index (χ0n) is 20.3.